The molecule has 1 rings (SSSR count). The number of likely N-dealkylation sites (N-methyl/N-ethyl adjacent to an activating group) is 1. The molecule has 0 unspecified atom stereocenters. The average Bonchev–Trinajstić information content (AvgIpc) is 2.48. The van der Waals surface area contributed by atoms with Gasteiger partial charge in [0, 0.05) is 24.5 Å². The third kappa shape index (κ3) is 4.93. The van der Waals surface area contributed by atoms with Crippen molar-refractivity contribution >= 4 is 17.3 Å². The van der Waals surface area contributed by atoms with E-state index in [9.17, 15) is 9.90 Å². The Hall–Kier alpha value is -2.14. The molecule has 5 heteroatoms. The van der Waals surface area contributed by atoms with Gasteiger partial charge in [0.2, 0.25) is 0 Å². The first-order valence-electron chi connectivity index (χ1n) is 7.79. The van der Waals surface area contributed by atoms with Gasteiger partial charge in [0.15, 0.2) is 0 Å². The molecule has 1 aromatic carbocycles. The van der Waals surface area contributed by atoms with E-state index < -0.39 is 0 Å². The molecule has 0 aromatic heterocycles. The van der Waals surface area contributed by atoms with Gasteiger partial charge < -0.3 is 20.3 Å². The lowest BCUT2D eigenvalue weighted by Crippen LogP contribution is -2.39. The molecular formula is C18H27N3O2. The van der Waals surface area contributed by atoms with E-state index in [1.54, 1.807) is 11.8 Å². The van der Waals surface area contributed by atoms with Crippen molar-refractivity contribution in [2.45, 2.75) is 27.2 Å². The summed E-state index contributed by atoms with van der Waals surface area (Å²) >= 11 is 0. The largest absolute Gasteiger partial charge is 0.512 e. The summed E-state index contributed by atoms with van der Waals surface area (Å²) in [4.78, 5) is 16.6. The summed E-state index contributed by atoms with van der Waals surface area (Å²) in [5, 5.41) is 17.9. The fourth-order valence-corrected chi connectivity index (χ4v) is 2.31. The third-order valence-electron chi connectivity index (χ3n) is 3.65. The molecule has 0 fully saturated rings. The molecule has 0 bridgehead atoms. The minimum atomic E-state index is -0.326. The zero-order valence-electron chi connectivity index (χ0n) is 14.7. The first-order valence-corrected chi connectivity index (χ1v) is 7.79. The molecule has 0 atom stereocenters. The number of rotatable bonds is 7. The Morgan fingerprint density at radius 1 is 1.22 bits per heavy atom. The Balaban J connectivity index is 3.28. The summed E-state index contributed by atoms with van der Waals surface area (Å²) in [7, 11) is 3.89. The lowest BCUT2D eigenvalue weighted by Gasteiger charge is -2.27. The van der Waals surface area contributed by atoms with Gasteiger partial charge in [-0.1, -0.05) is 25.1 Å². The van der Waals surface area contributed by atoms with Gasteiger partial charge >= 0.3 is 0 Å². The molecule has 1 amide bonds. The minimum Gasteiger partial charge on any atom is -0.512 e. The summed E-state index contributed by atoms with van der Waals surface area (Å²) in [5.74, 6) is -0.432. The number of carbonyl (C=O) groups excluding carboxylic acids is 1. The number of aliphatic hydroxyl groups is 1. The van der Waals surface area contributed by atoms with E-state index in [1.807, 2.05) is 50.2 Å². The summed E-state index contributed by atoms with van der Waals surface area (Å²) in [5.41, 5.74) is 2.03. The molecule has 0 aliphatic carbocycles. The number of para-hydroxylation sites is 1. The maximum Gasteiger partial charge on any atom is 0.263 e. The zero-order chi connectivity index (χ0) is 17.6. The van der Waals surface area contributed by atoms with Gasteiger partial charge in [-0.3, -0.25) is 4.79 Å². The van der Waals surface area contributed by atoms with E-state index in [1.165, 1.54) is 6.92 Å². The monoisotopic (exact) mass is 317 g/mol. The number of aryl methyl sites for hydroxylation is 1. The summed E-state index contributed by atoms with van der Waals surface area (Å²) in [6.45, 7) is 6.39. The zero-order valence-corrected chi connectivity index (χ0v) is 14.7. The second-order valence-electron chi connectivity index (χ2n) is 5.84. The predicted octanol–water partition coefficient (Wildman–Crippen LogP) is 3.15. The molecule has 126 valence electrons. The highest BCUT2D eigenvalue weighted by molar-refractivity contribution is 6.25. The smallest absolute Gasteiger partial charge is 0.263 e. The number of nitrogens with one attached hydrogen (secondary N) is 1. The van der Waals surface area contributed by atoms with Crippen molar-refractivity contribution in [3.05, 3.63) is 41.2 Å². The van der Waals surface area contributed by atoms with E-state index in [-0.39, 0.29) is 23.0 Å². The van der Waals surface area contributed by atoms with Crippen molar-refractivity contribution < 1.29 is 9.90 Å². The number of aliphatic hydroxyl groups excluding tert-OH is 1. The van der Waals surface area contributed by atoms with Gasteiger partial charge in [-0.25, -0.2) is 0 Å². The number of nitrogens with zero attached hydrogens (tertiary/aromatic N) is 2. The van der Waals surface area contributed by atoms with Crippen LogP contribution in [0.3, 0.4) is 0 Å². The maximum atomic E-state index is 13.0. The van der Waals surface area contributed by atoms with Crippen LogP contribution in [0.25, 0.3) is 0 Å². The number of carbonyl (C=O) groups is 1. The van der Waals surface area contributed by atoms with Crippen molar-refractivity contribution in [3.63, 3.8) is 0 Å². The van der Waals surface area contributed by atoms with E-state index >= 15 is 0 Å². The fraction of sp³-hybridized carbons (Fsp3) is 0.444. The summed E-state index contributed by atoms with van der Waals surface area (Å²) in [6.07, 6.45) is 0.397. The molecule has 0 saturated carbocycles. The maximum absolute atomic E-state index is 13.0. The second kappa shape index (κ2) is 8.48. The standard InChI is InChI=1S/C18H27N3O2/c1-6-15(19)17(14(3)22)18(23)21(12-11-20(4)5)16-10-8-7-9-13(16)2/h7-10,19,22H,6,11-12H2,1-5H3. The van der Waals surface area contributed by atoms with E-state index in [0.717, 1.165) is 11.3 Å². The number of anilines is 1. The van der Waals surface area contributed by atoms with Crippen LogP contribution in [0.2, 0.25) is 0 Å². The predicted molar refractivity (Wildman–Crippen MR) is 95.4 cm³/mol. The van der Waals surface area contributed by atoms with Crippen LogP contribution in [0, 0.1) is 12.3 Å². The number of allylic oxidation sites excluding steroid dienone is 1. The van der Waals surface area contributed by atoms with Crippen LogP contribution >= 0.6 is 0 Å². The topological polar surface area (TPSA) is 67.6 Å². The number of hydrogen-bond donors (Lipinski definition) is 2. The first kappa shape index (κ1) is 18.9. The van der Waals surface area contributed by atoms with Crippen LogP contribution in [0.1, 0.15) is 25.8 Å². The molecule has 0 aliphatic rings. The Bertz CT molecular complexity index is 602. The first-order chi connectivity index (χ1) is 10.8. The summed E-state index contributed by atoms with van der Waals surface area (Å²) < 4.78 is 0. The van der Waals surface area contributed by atoms with Crippen molar-refractivity contribution in [1.82, 2.24) is 4.90 Å². The number of amides is 1. The van der Waals surface area contributed by atoms with Gasteiger partial charge in [0.25, 0.3) is 5.91 Å². The van der Waals surface area contributed by atoms with Crippen LogP contribution in [-0.2, 0) is 4.79 Å². The van der Waals surface area contributed by atoms with Crippen LogP contribution in [0.4, 0.5) is 5.69 Å². The number of hydrogen-bond acceptors (Lipinski definition) is 4. The van der Waals surface area contributed by atoms with Crippen LogP contribution in [-0.4, -0.2) is 48.8 Å². The molecule has 5 nitrogen and oxygen atoms in total. The molecule has 0 spiro atoms. The van der Waals surface area contributed by atoms with Gasteiger partial charge in [0.1, 0.15) is 5.76 Å². The van der Waals surface area contributed by atoms with E-state index in [4.69, 9.17) is 5.41 Å². The Morgan fingerprint density at radius 3 is 2.30 bits per heavy atom. The van der Waals surface area contributed by atoms with Crippen LogP contribution in [0.15, 0.2) is 35.6 Å². The Kier molecular flexibility index (Phi) is 6.97. The number of benzene rings is 1. The SMILES string of the molecule is CCC(=N)C(C(=O)N(CCN(C)C)c1ccccc1C)=C(C)O. The Morgan fingerprint density at radius 2 is 1.83 bits per heavy atom. The highest BCUT2D eigenvalue weighted by Gasteiger charge is 2.25. The lowest BCUT2D eigenvalue weighted by molar-refractivity contribution is -0.114. The fourth-order valence-electron chi connectivity index (χ4n) is 2.31. The van der Waals surface area contributed by atoms with Crippen LogP contribution < -0.4 is 4.90 Å². The van der Waals surface area contributed by atoms with Gasteiger partial charge in [-0.15, -0.1) is 0 Å². The highest BCUT2D eigenvalue weighted by atomic mass is 16.3. The van der Waals surface area contributed by atoms with E-state index in [2.05, 4.69) is 0 Å². The van der Waals surface area contributed by atoms with Gasteiger partial charge in [0.05, 0.1) is 5.57 Å². The second-order valence-corrected chi connectivity index (χ2v) is 5.84. The van der Waals surface area contributed by atoms with Crippen molar-refractivity contribution in [2.24, 2.45) is 0 Å². The molecule has 0 radical (unpaired) electrons. The molecule has 0 heterocycles. The van der Waals surface area contributed by atoms with Gasteiger partial charge in [-0.05, 0) is 46.0 Å². The minimum absolute atomic E-state index is 0.0921. The van der Waals surface area contributed by atoms with Gasteiger partial charge in [-0.2, -0.15) is 0 Å². The average molecular weight is 317 g/mol. The van der Waals surface area contributed by atoms with Crippen molar-refractivity contribution in [1.29, 1.82) is 5.41 Å². The quantitative estimate of drug-likeness (QED) is 0.461. The van der Waals surface area contributed by atoms with E-state index in [0.29, 0.717) is 19.5 Å². The molecule has 23 heavy (non-hydrogen) atoms. The highest BCUT2D eigenvalue weighted by Crippen LogP contribution is 2.22. The third-order valence-corrected chi connectivity index (χ3v) is 3.65. The lowest BCUT2D eigenvalue weighted by atomic mass is 10.0. The van der Waals surface area contributed by atoms with Crippen molar-refractivity contribution in [3.8, 4) is 0 Å². The molecule has 1 aromatic rings. The summed E-state index contributed by atoms with van der Waals surface area (Å²) in [6, 6.07) is 7.66. The van der Waals surface area contributed by atoms with Crippen LogP contribution in [0.5, 0.6) is 0 Å². The Labute approximate surface area is 138 Å². The molecule has 2 N–H and O–H groups in total. The molecule has 0 aliphatic heterocycles. The molecular weight excluding hydrogens is 290 g/mol. The normalized spacial score (nSPS) is 12.1. The molecule has 0 saturated heterocycles. The van der Waals surface area contributed by atoms with Crippen molar-refractivity contribution in [2.75, 3.05) is 32.1 Å².